The van der Waals surface area contributed by atoms with E-state index in [1.54, 1.807) is 14.2 Å². The van der Waals surface area contributed by atoms with Crippen LogP contribution in [0.3, 0.4) is 0 Å². The second-order valence-electron chi connectivity index (χ2n) is 5.03. The fraction of sp³-hybridized carbons (Fsp3) is 0.333. The normalized spacial score (nSPS) is 11.8. The molecule has 0 fully saturated rings. The van der Waals surface area contributed by atoms with Crippen molar-refractivity contribution in [1.29, 1.82) is 0 Å². The van der Waals surface area contributed by atoms with Crippen LogP contribution in [0.4, 0.5) is 5.69 Å². The smallest absolute Gasteiger partial charge is 0.162 e. The fourth-order valence-electron chi connectivity index (χ4n) is 2.30. The highest BCUT2D eigenvalue weighted by molar-refractivity contribution is 5.55. The zero-order valence-corrected chi connectivity index (χ0v) is 13.1. The zero-order chi connectivity index (χ0) is 15.2. The van der Waals surface area contributed by atoms with Gasteiger partial charge < -0.3 is 14.8 Å². The molecule has 0 saturated carbocycles. The SMILES string of the molecule is CCc1ccc(C(C)Nc2ccc(OC)c(OC)c2)cc1. The lowest BCUT2D eigenvalue weighted by Gasteiger charge is -2.17. The van der Waals surface area contributed by atoms with E-state index in [-0.39, 0.29) is 6.04 Å². The van der Waals surface area contributed by atoms with Gasteiger partial charge in [-0.3, -0.25) is 0 Å². The third kappa shape index (κ3) is 3.69. The first-order valence-corrected chi connectivity index (χ1v) is 7.25. The van der Waals surface area contributed by atoms with E-state index in [9.17, 15) is 0 Å². The van der Waals surface area contributed by atoms with E-state index in [1.807, 2.05) is 18.2 Å². The molecular formula is C18H23NO2. The highest BCUT2D eigenvalue weighted by Gasteiger charge is 2.08. The topological polar surface area (TPSA) is 30.5 Å². The van der Waals surface area contributed by atoms with Gasteiger partial charge in [-0.2, -0.15) is 0 Å². The maximum Gasteiger partial charge on any atom is 0.162 e. The van der Waals surface area contributed by atoms with Crippen molar-refractivity contribution in [2.45, 2.75) is 26.3 Å². The van der Waals surface area contributed by atoms with Gasteiger partial charge in [0.1, 0.15) is 0 Å². The van der Waals surface area contributed by atoms with Gasteiger partial charge in [0.2, 0.25) is 0 Å². The van der Waals surface area contributed by atoms with Crippen LogP contribution >= 0.6 is 0 Å². The number of benzene rings is 2. The number of rotatable bonds is 6. The average molecular weight is 285 g/mol. The number of nitrogens with one attached hydrogen (secondary N) is 1. The average Bonchev–Trinajstić information content (AvgIpc) is 2.54. The highest BCUT2D eigenvalue weighted by atomic mass is 16.5. The first kappa shape index (κ1) is 15.2. The zero-order valence-electron chi connectivity index (χ0n) is 13.1. The van der Waals surface area contributed by atoms with Crippen LogP contribution in [-0.4, -0.2) is 14.2 Å². The molecule has 1 unspecified atom stereocenters. The van der Waals surface area contributed by atoms with Crippen LogP contribution in [0, 0.1) is 0 Å². The molecule has 3 nitrogen and oxygen atoms in total. The first-order valence-electron chi connectivity index (χ1n) is 7.25. The summed E-state index contributed by atoms with van der Waals surface area (Å²) in [6.45, 7) is 4.32. The highest BCUT2D eigenvalue weighted by Crippen LogP contribution is 2.31. The molecule has 0 amide bonds. The van der Waals surface area contributed by atoms with Gasteiger partial charge in [0.05, 0.1) is 14.2 Å². The van der Waals surface area contributed by atoms with E-state index < -0.39 is 0 Å². The van der Waals surface area contributed by atoms with E-state index in [2.05, 4.69) is 43.4 Å². The summed E-state index contributed by atoms with van der Waals surface area (Å²) >= 11 is 0. The Bertz CT molecular complexity index is 578. The van der Waals surface area contributed by atoms with Gasteiger partial charge in [0.15, 0.2) is 11.5 Å². The van der Waals surface area contributed by atoms with Crippen molar-refractivity contribution in [2.75, 3.05) is 19.5 Å². The van der Waals surface area contributed by atoms with Crippen LogP contribution in [-0.2, 0) is 6.42 Å². The third-order valence-electron chi connectivity index (χ3n) is 3.65. The van der Waals surface area contributed by atoms with Crippen molar-refractivity contribution >= 4 is 5.69 Å². The summed E-state index contributed by atoms with van der Waals surface area (Å²) in [5.74, 6) is 1.47. The second-order valence-corrected chi connectivity index (χ2v) is 5.03. The Kier molecular flexibility index (Phi) is 5.09. The molecule has 1 atom stereocenters. The predicted molar refractivity (Wildman–Crippen MR) is 87.4 cm³/mol. The lowest BCUT2D eigenvalue weighted by atomic mass is 10.0. The molecular weight excluding hydrogens is 262 g/mol. The molecule has 0 saturated heterocycles. The molecule has 2 aromatic rings. The monoisotopic (exact) mass is 285 g/mol. The molecule has 0 aliphatic carbocycles. The minimum Gasteiger partial charge on any atom is -0.493 e. The molecule has 0 aromatic heterocycles. The molecule has 2 rings (SSSR count). The van der Waals surface area contributed by atoms with Crippen molar-refractivity contribution in [3.8, 4) is 11.5 Å². The van der Waals surface area contributed by atoms with E-state index in [4.69, 9.17) is 9.47 Å². The molecule has 112 valence electrons. The molecule has 0 heterocycles. The van der Waals surface area contributed by atoms with Crippen LogP contribution in [0.5, 0.6) is 11.5 Å². The van der Waals surface area contributed by atoms with E-state index in [1.165, 1.54) is 11.1 Å². The van der Waals surface area contributed by atoms with E-state index >= 15 is 0 Å². The summed E-state index contributed by atoms with van der Waals surface area (Å²) in [7, 11) is 3.29. The molecule has 0 bridgehead atoms. The quantitative estimate of drug-likeness (QED) is 0.851. The van der Waals surface area contributed by atoms with Crippen LogP contribution in [0.25, 0.3) is 0 Å². The van der Waals surface area contributed by atoms with Crippen molar-refractivity contribution in [3.63, 3.8) is 0 Å². The molecule has 3 heteroatoms. The first-order chi connectivity index (χ1) is 10.2. The number of ether oxygens (including phenoxy) is 2. The van der Waals surface area contributed by atoms with Gasteiger partial charge in [-0.05, 0) is 36.6 Å². The van der Waals surface area contributed by atoms with Crippen LogP contribution in [0.1, 0.15) is 31.0 Å². The molecule has 0 aliphatic heterocycles. The van der Waals surface area contributed by atoms with Crippen LogP contribution < -0.4 is 14.8 Å². The molecule has 21 heavy (non-hydrogen) atoms. The Morgan fingerprint density at radius 3 is 2.19 bits per heavy atom. The second kappa shape index (κ2) is 7.02. The Morgan fingerprint density at radius 2 is 1.62 bits per heavy atom. The maximum atomic E-state index is 5.33. The summed E-state index contributed by atoms with van der Waals surface area (Å²) in [6, 6.07) is 14.8. The standard InChI is InChI=1S/C18H23NO2/c1-5-14-6-8-15(9-7-14)13(2)19-16-10-11-17(20-3)18(12-16)21-4/h6-13,19H,5H2,1-4H3. The van der Waals surface area contributed by atoms with Crippen molar-refractivity contribution in [3.05, 3.63) is 53.6 Å². The van der Waals surface area contributed by atoms with E-state index in [0.29, 0.717) is 0 Å². The molecule has 1 N–H and O–H groups in total. The van der Waals surface area contributed by atoms with Gasteiger partial charge in [-0.25, -0.2) is 0 Å². The number of anilines is 1. The largest absolute Gasteiger partial charge is 0.493 e. The van der Waals surface area contributed by atoms with Gasteiger partial charge in [0, 0.05) is 17.8 Å². The van der Waals surface area contributed by atoms with Crippen molar-refractivity contribution in [1.82, 2.24) is 0 Å². The Labute approximate surface area is 126 Å². The van der Waals surface area contributed by atoms with Crippen molar-refractivity contribution < 1.29 is 9.47 Å². The predicted octanol–water partition coefficient (Wildman–Crippen LogP) is 4.44. The molecule has 2 aromatic carbocycles. The summed E-state index contributed by atoms with van der Waals surface area (Å²) in [5, 5.41) is 3.49. The minimum atomic E-state index is 0.231. The lowest BCUT2D eigenvalue weighted by Crippen LogP contribution is -2.07. The number of aryl methyl sites for hydroxylation is 1. The summed E-state index contributed by atoms with van der Waals surface area (Å²) in [6.07, 6.45) is 1.07. The van der Waals surface area contributed by atoms with Gasteiger partial charge >= 0.3 is 0 Å². The number of methoxy groups -OCH3 is 2. The maximum absolute atomic E-state index is 5.33. The van der Waals surface area contributed by atoms with Crippen LogP contribution in [0.15, 0.2) is 42.5 Å². The van der Waals surface area contributed by atoms with E-state index in [0.717, 1.165) is 23.6 Å². The third-order valence-corrected chi connectivity index (χ3v) is 3.65. The van der Waals surface area contributed by atoms with Crippen LogP contribution in [0.2, 0.25) is 0 Å². The molecule has 0 radical (unpaired) electrons. The Hall–Kier alpha value is -2.16. The fourth-order valence-corrected chi connectivity index (χ4v) is 2.30. The number of hydrogen-bond donors (Lipinski definition) is 1. The van der Waals surface area contributed by atoms with Gasteiger partial charge in [-0.1, -0.05) is 31.2 Å². The molecule has 0 spiro atoms. The van der Waals surface area contributed by atoms with Gasteiger partial charge in [-0.15, -0.1) is 0 Å². The van der Waals surface area contributed by atoms with Gasteiger partial charge in [0.25, 0.3) is 0 Å². The summed E-state index contributed by atoms with van der Waals surface area (Å²) < 4.78 is 10.6. The Morgan fingerprint density at radius 1 is 0.952 bits per heavy atom. The summed E-state index contributed by atoms with van der Waals surface area (Å²) in [5.41, 5.74) is 3.64. The summed E-state index contributed by atoms with van der Waals surface area (Å²) in [4.78, 5) is 0. The van der Waals surface area contributed by atoms with Crippen molar-refractivity contribution in [2.24, 2.45) is 0 Å². The molecule has 0 aliphatic rings. The number of hydrogen-bond acceptors (Lipinski definition) is 3. The lowest BCUT2D eigenvalue weighted by molar-refractivity contribution is 0.355. The Balaban J connectivity index is 2.12. The minimum absolute atomic E-state index is 0.231.